The Labute approximate surface area is 50.4 Å². The molecule has 0 aliphatic rings. The van der Waals surface area contributed by atoms with E-state index in [0.29, 0.717) is 6.42 Å². The first kappa shape index (κ1) is 7.41. The predicted octanol–water partition coefficient (Wildman–Crippen LogP) is 1.93. The van der Waals surface area contributed by atoms with Gasteiger partial charge in [-0.3, -0.25) is 4.79 Å². The lowest BCUT2D eigenvalue weighted by Crippen LogP contribution is -1.88. The molecule has 0 spiro atoms. The van der Waals surface area contributed by atoms with E-state index in [9.17, 15) is 4.79 Å². The maximum atomic E-state index is 10.6. The summed E-state index contributed by atoms with van der Waals surface area (Å²) in [5.41, 5.74) is 0. The number of hydrogen-bond donors (Lipinski definition) is 0. The highest BCUT2D eigenvalue weighted by molar-refractivity contribution is 5.89. The van der Waals surface area contributed by atoms with Crippen LogP contribution in [0.2, 0.25) is 0 Å². The van der Waals surface area contributed by atoms with Gasteiger partial charge in [-0.05, 0) is 19.4 Å². The minimum Gasteiger partial charge on any atom is -0.295 e. The zero-order valence-electron chi connectivity index (χ0n) is 5.48. The summed E-state index contributed by atoms with van der Waals surface area (Å²) < 4.78 is 0. The van der Waals surface area contributed by atoms with Crippen molar-refractivity contribution in [1.29, 1.82) is 0 Å². The Morgan fingerprint density at radius 3 is 2.62 bits per heavy atom. The number of ketones is 1. The molecule has 0 saturated heterocycles. The summed E-state index contributed by atoms with van der Waals surface area (Å²) in [4.78, 5) is 10.6. The summed E-state index contributed by atoms with van der Waals surface area (Å²) in [5, 5.41) is 0. The lowest BCUT2D eigenvalue weighted by molar-refractivity contribution is -0.114. The first-order valence-electron chi connectivity index (χ1n) is 2.96. The van der Waals surface area contributed by atoms with Gasteiger partial charge in [0.15, 0.2) is 5.78 Å². The van der Waals surface area contributed by atoms with Crippen LogP contribution in [0.15, 0.2) is 12.2 Å². The summed E-state index contributed by atoms with van der Waals surface area (Å²) in [5.74, 6) is 0.231. The van der Waals surface area contributed by atoms with Crippen molar-refractivity contribution in [3.63, 3.8) is 0 Å². The second-order valence-corrected chi connectivity index (χ2v) is 1.72. The highest BCUT2D eigenvalue weighted by Gasteiger charge is 1.89. The van der Waals surface area contributed by atoms with E-state index in [2.05, 4.69) is 0 Å². The summed E-state index contributed by atoms with van der Waals surface area (Å²) >= 11 is 0. The number of rotatable bonds is 3. The molecule has 0 aromatic carbocycles. The number of carbonyl (C=O) groups excluding carboxylic acids is 1. The Bertz CT molecular complexity index is 92.6. The molecule has 0 saturated carbocycles. The highest BCUT2D eigenvalue weighted by atomic mass is 16.1. The van der Waals surface area contributed by atoms with Crippen LogP contribution in [0, 0.1) is 0 Å². The van der Waals surface area contributed by atoms with Crippen LogP contribution < -0.4 is 0 Å². The van der Waals surface area contributed by atoms with E-state index in [0.717, 1.165) is 6.42 Å². The van der Waals surface area contributed by atoms with E-state index < -0.39 is 0 Å². The third-order valence-electron chi connectivity index (χ3n) is 0.849. The Balaban J connectivity index is 3.33. The van der Waals surface area contributed by atoms with Crippen LogP contribution in [-0.4, -0.2) is 5.78 Å². The summed E-state index contributed by atoms with van der Waals surface area (Å²) in [7, 11) is 0. The Kier molecular flexibility index (Phi) is 4.23. The van der Waals surface area contributed by atoms with Crippen LogP contribution in [0.3, 0.4) is 0 Å². The molecule has 0 aliphatic carbocycles. The van der Waals surface area contributed by atoms with Gasteiger partial charge in [-0.25, -0.2) is 0 Å². The van der Waals surface area contributed by atoms with Gasteiger partial charge in [-0.15, -0.1) is 0 Å². The van der Waals surface area contributed by atoms with E-state index >= 15 is 0 Å². The molecule has 1 nitrogen and oxygen atoms in total. The van der Waals surface area contributed by atoms with Gasteiger partial charge in [-0.2, -0.15) is 0 Å². The molecule has 46 valence electrons. The lowest BCUT2D eigenvalue weighted by atomic mass is 10.2. The van der Waals surface area contributed by atoms with Crippen LogP contribution in [0.25, 0.3) is 0 Å². The molecule has 0 rings (SSSR count). The third kappa shape index (κ3) is 3.59. The van der Waals surface area contributed by atoms with Gasteiger partial charge in [0.25, 0.3) is 0 Å². The average molecular weight is 112 g/mol. The van der Waals surface area contributed by atoms with Crippen LogP contribution in [-0.2, 0) is 4.79 Å². The van der Waals surface area contributed by atoms with Crippen LogP contribution in [0.1, 0.15) is 26.7 Å². The van der Waals surface area contributed by atoms with Gasteiger partial charge in [0.1, 0.15) is 0 Å². The van der Waals surface area contributed by atoms with Crippen LogP contribution in [0.5, 0.6) is 0 Å². The fraction of sp³-hybridized carbons (Fsp3) is 0.571. The van der Waals surface area contributed by atoms with Crippen molar-refractivity contribution in [3.05, 3.63) is 12.2 Å². The molecule has 0 atom stereocenters. The number of allylic oxidation sites excluding steroid dienone is 2. The van der Waals surface area contributed by atoms with Crippen molar-refractivity contribution in [2.45, 2.75) is 26.7 Å². The smallest absolute Gasteiger partial charge is 0.155 e. The zero-order chi connectivity index (χ0) is 6.41. The lowest BCUT2D eigenvalue weighted by Gasteiger charge is -1.84. The van der Waals surface area contributed by atoms with Gasteiger partial charge < -0.3 is 0 Å². The van der Waals surface area contributed by atoms with Crippen LogP contribution in [0.4, 0.5) is 0 Å². The molecule has 0 heterocycles. The maximum absolute atomic E-state index is 10.6. The minimum absolute atomic E-state index is 0.231. The molecule has 0 bridgehead atoms. The SMILES string of the molecule is CC=CC(=O)CCC. The van der Waals surface area contributed by atoms with E-state index in [1.165, 1.54) is 0 Å². The first-order chi connectivity index (χ1) is 3.81. The highest BCUT2D eigenvalue weighted by Crippen LogP contribution is 1.89. The number of carbonyl (C=O) groups is 1. The zero-order valence-corrected chi connectivity index (χ0v) is 5.48. The van der Waals surface area contributed by atoms with Crippen molar-refractivity contribution >= 4 is 5.78 Å². The Morgan fingerprint density at radius 1 is 1.62 bits per heavy atom. The monoisotopic (exact) mass is 112 g/mol. The molecule has 0 radical (unpaired) electrons. The standard InChI is InChI=1S/C7H12O/c1-3-5-7(8)6-4-2/h3,5H,4,6H2,1-2H3. The molecular formula is C7H12O. The molecule has 0 unspecified atom stereocenters. The summed E-state index contributed by atoms with van der Waals surface area (Å²) in [6, 6.07) is 0. The Hall–Kier alpha value is -0.590. The molecule has 8 heavy (non-hydrogen) atoms. The van der Waals surface area contributed by atoms with Crippen molar-refractivity contribution in [2.24, 2.45) is 0 Å². The van der Waals surface area contributed by atoms with Gasteiger partial charge in [-0.1, -0.05) is 13.0 Å². The van der Waals surface area contributed by atoms with Gasteiger partial charge in [0.05, 0.1) is 0 Å². The Morgan fingerprint density at radius 2 is 2.25 bits per heavy atom. The quantitative estimate of drug-likeness (QED) is 0.510. The fourth-order valence-corrected chi connectivity index (χ4v) is 0.516. The van der Waals surface area contributed by atoms with Crippen molar-refractivity contribution in [1.82, 2.24) is 0 Å². The molecule has 0 aromatic rings. The van der Waals surface area contributed by atoms with Crippen molar-refractivity contribution < 1.29 is 4.79 Å². The van der Waals surface area contributed by atoms with Gasteiger partial charge >= 0.3 is 0 Å². The fourth-order valence-electron chi connectivity index (χ4n) is 0.516. The van der Waals surface area contributed by atoms with E-state index in [1.54, 1.807) is 12.2 Å². The predicted molar refractivity (Wildman–Crippen MR) is 34.7 cm³/mol. The molecule has 0 N–H and O–H groups in total. The summed E-state index contributed by atoms with van der Waals surface area (Å²) in [6.07, 6.45) is 5.02. The van der Waals surface area contributed by atoms with E-state index in [1.807, 2.05) is 13.8 Å². The van der Waals surface area contributed by atoms with E-state index in [-0.39, 0.29) is 5.78 Å². The van der Waals surface area contributed by atoms with Crippen molar-refractivity contribution in [3.8, 4) is 0 Å². The first-order valence-corrected chi connectivity index (χ1v) is 2.96. The third-order valence-corrected chi connectivity index (χ3v) is 0.849. The van der Waals surface area contributed by atoms with E-state index in [4.69, 9.17) is 0 Å². The van der Waals surface area contributed by atoms with Gasteiger partial charge in [0, 0.05) is 6.42 Å². The molecule has 1 heteroatoms. The molecular weight excluding hydrogens is 100 g/mol. The maximum Gasteiger partial charge on any atom is 0.155 e. The van der Waals surface area contributed by atoms with Gasteiger partial charge in [0.2, 0.25) is 0 Å². The second-order valence-electron chi connectivity index (χ2n) is 1.72. The number of hydrogen-bond acceptors (Lipinski definition) is 1. The van der Waals surface area contributed by atoms with Crippen molar-refractivity contribution in [2.75, 3.05) is 0 Å². The normalized spacial score (nSPS) is 10.2. The summed E-state index contributed by atoms with van der Waals surface area (Å²) in [6.45, 7) is 3.86. The van der Waals surface area contributed by atoms with Crippen LogP contribution >= 0.6 is 0 Å². The molecule has 0 aromatic heterocycles. The average Bonchev–Trinajstić information content (AvgIpc) is 1.68. The molecule has 0 fully saturated rings. The minimum atomic E-state index is 0.231. The largest absolute Gasteiger partial charge is 0.295 e. The molecule has 0 aliphatic heterocycles. The molecule has 0 amide bonds. The second kappa shape index (κ2) is 4.57. The topological polar surface area (TPSA) is 17.1 Å².